The highest BCUT2D eigenvalue weighted by Crippen LogP contribution is 2.22. The fourth-order valence-corrected chi connectivity index (χ4v) is 2.29. The Kier molecular flexibility index (Phi) is 5.88. The number of ether oxygens (including phenoxy) is 1. The van der Waals surface area contributed by atoms with Gasteiger partial charge in [-0.3, -0.25) is 9.59 Å². The van der Waals surface area contributed by atoms with Crippen LogP contribution in [0.3, 0.4) is 0 Å². The topological polar surface area (TPSA) is 79.2 Å². The molecule has 2 rings (SSSR count). The number of rotatable bonds is 4. The van der Waals surface area contributed by atoms with Gasteiger partial charge in [0.1, 0.15) is 17.4 Å². The second kappa shape index (κ2) is 8.09. The maximum atomic E-state index is 12.3. The molecule has 0 heterocycles. The van der Waals surface area contributed by atoms with Crippen LogP contribution in [-0.2, 0) is 9.59 Å². The summed E-state index contributed by atoms with van der Waals surface area (Å²) in [7, 11) is 0. The van der Waals surface area contributed by atoms with Crippen molar-refractivity contribution in [1.29, 1.82) is 5.26 Å². The van der Waals surface area contributed by atoms with Crippen LogP contribution < -0.4 is 10.1 Å². The van der Waals surface area contributed by atoms with Crippen molar-refractivity contribution in [2.24, 2.45) is 0 Å². The van der Waals surface area contributed by atoms with Gasteiger partial charge in [-0.2, -0.15) is 5.26 Å². The molecule has 0 spiro atoms. The summed E-state index contributed by atoms with van der Waals surface area (Å²) in [6.07, 6.45) is 1.43. The van der Waals surface area contributed by atoms with Gasteiger partial charge in [0.15, 0.2) is 0 Å². The standard InChI is InChI=1S/C18H13BrN2O3/c1-12(22)24-15-6-4-5-13(10-15)9-14(11-20)18(23)21-17-8-3-2-7-16(17)19/h2-10H,1H3,(H,21,23)/b14-9+. The lowest BCUT2D eigenvalue weighted by molar-refractivity contribution is -0.131. The van der Waals surface area contributed by atoms with Gasteiger partial charge in [-0.1, -0.05) is 24.3 Å². The van der Waals surface area contributed by atoms with Crippen LogP contribution in [0.15, 0.2) is 58.6 Å². The third kappa shape index (κ3) is 4.80. The number of nitrogens with one attached hydrogen (secondary N) is 1. The number of benzene rings is 2. The highest BCUT2D eigenvalue weighted by Gasteiger charge is 2.11. The fourth-order valence-electron chi connectivity index (χ4n) is 1.90. The number of nitrogens with zero attached hydrogens (tertiary/aromatic N) is 1. The summed E-state index contributed by atoms with van der Waals surface area (Å²) in [4.78, 5) is 23.2. The summed E-state index contributed by atoms with van der Waals surface area (Å²) in [6, 6.07) is 15.5. The first kappa shape index (κ1) is 17.4. The van der Waals surface area contributed by atoms with E-state index in [2.05, 4.69) is 21.2 Å². The maximum absolute atomic E-state index is 12.3. The van der Waals surface area contributed by atoms with E-state index >= 15 is 0 Å². The minimum absolute atomic E-state index is 0.0641. The van der Waals surface area contributed by atoms with Gasteiger partial charge in [-0.25, -0.2) is 0 Å². The fraction of sp³-hybridized carbons (Fsp3) is 0.0556. The minimum Gasteiger partial charge on any atom is -0.427 e. The van der Waals surface area contributed by atoms with Crippen LogP contribution in [0, 0.1) is 11.3 Å². The van der Waals surface area contributed by atoms with Crippen molar-refractivity contribution < 1.29 is 14.3 Å². The van der Waals surface area contributed by atoms with E-state index in [0.29, 0.717) is 21.5 Å². The molecule has 6 heteroatoms. The average molecular weight is 385 g/mol. The summed E-state index contributed by atoms with van der Waals surface area (Å²) in [5.74, 6) is -0.620. The first-order valence-electron chi connectivity index (χ1n) is 6.96. The van der Waals surface area contributed by atoms with E-state index in [-0.39, 0.29) is 5.57 Å². The molecule has 0 atom stereocenters. The van der Waals surface area contributed by atoms with Crippen molar-refractivity contribution in [2.45, 2.75) is 6.92 Å². The zero-order valence-electron chi connectivity index (χ0n) is 12.7. The molecule has 0 aromatic heterocycles. The van der Waals surface area contributed by atoms with Crippen LogP contribution in [0.5, 0.6) is 5.75 Å². The third-order valence-corrected chi connectivity index (χ3v) is 3.61. The van der Waals surface area contributed by atoms with Crippen LogP contribution in [-0.4, -0.2) is 11.9 Å². The summed E-state index contributed by atoms with van der Waals surface area (Å²) >= 11 is 3.33. The van der Waals surface area contributed by atoms with Gasteiger partial charge in [0.05, 0.1) is 5.69 Å². The Hall–Kier alpha value is -2.91. The van der Waals surface area contributed by atoms with Gasteiger partial charge in [0.25, 0.3) is 5.91 Å². The highest BCUT2D eigenvalue weighted by molar-refractivity contribution is 9.10. The van der Waals surface area contributed by atoms with Gasteiger partial charge in [0, 0.05) is 11.4 Å². The number of hydrogen-bond acceptors (Lipinski definition) is 4. The number of hydrogen-bond donors (Lipinski definition) is 1. The van der Waals surface area contributed by atoms with Gasteiger partial charge in [-0.05, 0) is 51.8 Å². The van der Waals surface area contributed by atoms with E-state index in [1.807, 2.05) is 12.1 Å². The largest absolute Gasteiger partial charge is 0.427 e. The number of carbonyl (C=O) groups excluding carboxylic acids is 2. The van der Waals surface area contributed by atoms with Crippen LogP contribution in [0.25, 0.3) is 6.08 Å². The van der Waals surface area contributed by atoms with Crippen molar-refractivity contribution in [2.75, 3.05) is 5.32 Å². The molecule has 0 aliphatic carbocycles. The van der Waals surface area contributed by atoms with Crippen molar-refractivity contribution in [1.82, 2.24) is 0 Å². The molecule has 2 aromatic carbocycles. The Morgan fingerprint density at radius 3 is 2.62 bits per heavy atom. The summed E-state index contributed by atoms with van der Waals surface area (Å²) in [6.45, 7) is 1.30. The molecule has 0 radical (unpaired) electrons. The molecule has 0 unspecified atom stereocenters. The molecule has 120 valence electrons. The summed E-state index contributed by atoms with van der Waals surface area (Å²) in [5, 5.41) is 11.9. The molecule has 0 aliphatic heterocycles. The number of esters is 1. The molecule has 0 saturated heterocycles. The van der Waals surface area contributed by atoms with Crippen molar-refractivity contribution in [3.63, 3.8) is 0 Å². The van der Waals surface area contributed by atoms with Crippen molar-refractivity contribution in [3.8, 4) is 11.8 Å². The lowest BCUT2D eigenvalue weighted by Gasteiger charge is -2.06. The lowest BCUT2D eigenvalue weighted by atomic mass is 10.1. The predicted octanol–water partition coefficient (Wildman–Crippen LogP) is 3.92. The van der Waals surface area contributed by atoms with Crippen molar-refractivity contribution >= 4 is 39.6 Å². The smallest absolute Gasteiger partial charge is 0.308 e. The molecule has 0 bridgehead atoms. The molecule has 0 saturated carbocycles. The first-order valence-corrected chi connectivity index (χ1v) is 7.75. The average Bonchev–Trinajstić information content (AvgIpc) is 2.54. The number of anilines is 1. The molecule has 1 N–H and O–H groups in total. The van der Waals surface area contributed by atoms with E-state index in [1.54, 1.807) is 42.5 Å². The molecule has 5 nitrogen and oxygen atoms in total. The van der Waals surface area contributed by atoms with Gasteiger partial charge < -0.3 is 10.1 Å². The summed E-state index contributed by atoms with van der Waals surface area (Å²) in [5.41, 5.74) is 1.08. The maximum Gasteiger partial charge on any atom is 0.308 e. The van der Waals surface area contributed by atoms with Crippen LogP contribution in [0.1, 0.15) is 12.5 Å². The molecule has 0 aliphatic rings. The van der Waals surface area contributed by atoms with Gasteiger partial charge in [0.2, 0.25) is 0 Å². The molecule has 24 heavy (non-hydrogen) atoms. The quantitative estimate of drug-likeness (QED) is 0.375. The minimum atomic E-state index is -0.526. The van der Waals surface area contributed by atoms with E-state index in [9.17, 15) is 14.9 Å². The number of halogens is 1. The van der Waals surface area contributed by atoms with Crippen LogP contribution in [0.2, 0.25) is 0 Å². The normalized spacial score (nSPS) is 10.6. The zero-order chi connectivity index (χ0) is 17.5. The Morgan fingerprint density at radius 1 is 1.21 bits per heavy atom. The van der Waals surface area contributed by atoms with E-state index in [0.717, 1.165) is 0 Å². The zero-order valence-corrected chi connectivity index (χ0v) is 14.3. The summed E-state index contributed by atoms with van der Waals surface area (Å²) < 4.78 is 5.70. The molecular weight excluding hydrogens is 372 g/mol. The Bertz CT molecular complexity index is 853. The third-order valence-electron chi connectivity index (χ3n) is 2.92. The van der Waals surface area contributed by atoms with E-state index < -0.39 is 11.9 Å². The Labute approximate surface area is 147 Å². The van der Waals surface area contributed by atoms with Crippen LogP contribution >= 0.6 is 15.9 Å². The SMILES string of the molecule is CC(=O)Oc1cccc(/C=C(\C#N)C(=O)Nc2ccccc2Br)c1. The predicted molar refractivity (Wildman–Crippen MR) is 94.1 cm³/mol. The van der Waals surface area contributed by atoms with Crippen LogP contribution in [0.4, 0.5) is 5.69 Å². The highest BCUT2D eigenvalue weighted by atomic mass is 79.9. The number of para-hydroxylation sites is 1. The van der Waals surface area contributed by atoms with Crippen molar-refractivity contribution in [3.05, 3.63) is 64.1 Å². The molecular formula is C18H13BrN2O3. The number of nitriles is 1. The van der Waals surface area contributed by atoms with E-state index in [4.69, 9.17) is 4.74 Å². The Balaban J connectivity index is 2.23. The van der Waals surface area contributed by atoms with E-state index in [1.165, 1.54) is 13.0 Å². The monoisotopic (exact) mass is 384 g/mol. The molecule has 2 aromatic rings. The van der Waals surface area contributed by atoms with Gasteiger partial charge >= 0.3 is 5.97 Å². The molecule has 1 amide bonds. The number of carbonyl (C=O) groups is 2. The Morgan fingerprint density at radius 2 is 1.96 bits per heavy atom. The second-order valence-corrected chi connectivity index (χ2v) is 5.62. The lowest BCUT2D eigenvalue weighted by Crippen LogP contribution is -2.13. The first-order chi connectivity index (χ1) is 11.5. The molecule has 0 fully saturated rings. The second-order valence-electron chi connectivity index (χ2n) is 4.77. The number of amides is 1. The van der Waals surface area contributed by atoms with Gasteiger partial charge in [-0.15, -0.1) is 0 Å².